The second-order valence-corrected chi connectivity index (χ2v) is 7.71. The Morgan fingerprint density at radius 1 is 1.40 bits per heavy atom. The van der Waals surface area contributed by atoms with Crippen molar-refractivity contribution >= 4 is 0 Å². The molecule has 1 aromatic heterocycles. The van der Waals surface area contributed by atoms with E-state index >= 15 is 0 Å². The number of nitrogens with zero attached hydrogens (tertiary/aromatic N) is 3. The topological polar surface area (TPSA) is 41.3 Å². The second-order valence-electron chi connectivity index (χ2n) is 7.71. The van der Waals surface area contributed by atoms with Gasteiger partial charge in [-0.2, -0.15) is 5.10 Å². The van der Waals surface area contributed by atoms with E-state index < -0.39 is 0 Å². The largest absolute Gasteiger partial charge is 0.396 e. The quantitative estimate of drug-likeness (QED) is 0.923. The molecule has 1 aliphatic rings. The number of aromatic nitrogens is 2. The van der Waals surface area contributed by atoms with Crippen molar-refractivity contribution in [1.29, 1.82) is 0 Å². The smallest absolute Gasteiger partial charge is 0.0722 e. The van der Waals surface area contributed by atoms with Crippen molar-refractivity contribution in [3.63, 3.8) is 0 Å². The minimum atomic E-state index is 0.0579. The molecule has 1 N–H and O–H groups in total. The Morgan fingerprint density at radius 2 is 2.10 bits per heavy atom. The van der Waals surface area contributed by atoms with Crippen molar-refractivity contribution in [3.8, 4) is 0 Å². The summed E-state index contributed by atoms with van der Waals surface area (Å²) in [7, 11) is 1.99. The van der Waals surface area contributed by atoms with Crippen LogP contribution < -0.4 is 0 Å². The van der Waals surface area contributed by atoms with Crippen molar-refractivity contribution in [2.75, 3.05) is 19.7 Å². The van der Waals surface area contributed by atoms with Crippen molar-refractivity contribution < 1.29 is 5.11 Å². The molecule has 20 heavy (non-hydrogen) atoms. The van der Waals surface area contributed by atoms with E-state index in [2.05, 4.69) is 43.9 Å². The molecule has 0 saturated carbocycles. The summed E-state index contributed by atoms with van der Waals surface area (Å²) >= 11 is 0. The molecule has 0 spiro atoms. The lowest BCUT2D eigenvalue weighted by atomic mass is 9.82. The number of piperidine rings is 1. The molecule has 1 fully saturated rings. The van der Waals surface area contributed by atoms with Gasteiger partial charge in [0.25, 0.3) is 0 Å². The minimum Gasteiger partial charge on any atom is -0.396 e. The Bertz CT molecular complexity index is 461. The summed E-state index contributed by atoms with van der Waals surface area (Å²) in [5, 5.41) is 14.2. The van der Waals surface area contributed by atoms with Gasteiger partial charge >= 0.3 is 0 Å². The molecule has 4 nitrogen and oxygen atoms in total. The SMILES string of the molecule is Cn1cc(CN2CCCC(C)(CO)C2)c(C(C)(C)C)n1. The van der Waals surface area contributed by atoms with Crippen molar-refractivity contribution in [3.05, 3.63) is 17.5 Å². The van der Waals surface area contributed by atoms with Gasteiger partial charge in [-0.15, -0.1) is 0 Å². The molecule has 0 amide bonds. The lowest BCUT2D eigenvalue weighted by molar-refractivity contribution is 0.0427. The lowest BCUT2D eigenvalue weighted by Crippen LogP contribution is -2.43. The summed E-state index contributed by atoms with van der Waals surface area (Å²) < 4.78 is 1.92. The zero-order valence-electron chi connectivity index (χ0n) is 13.6. The molecule has 0 radical (unpaired) electrons. The fraction of sp³-hybridized carbons (Fsp3) is 0.812. The molecule has 1 saturated heterocycles. The zero-order chi connectivity index (χ0) is 15.0. The Hall–Kier alpha value is -0.870. The summed E-state index contributed by atoms with van der Waals surface area (Å²) in [5.41, 5.74) is 2.65. The molecule has 1 aliphatic heterocycles. The summed E-state index contributed by atoms with van der Waals surface area (Å²) in [6.45, 7) is 12.1. The van der Waals surface area contributed by atoms with Crippen molar-refractivity contribution in [1.82, 2.24) is 14.7 Å². The standard InChI is InChI=1S/C16H29N3O/c1-15(2,3)14-13(9-18(5)17-14)10-19-8-6-7-16(4,11-19)12-20/h9,20H,6-8,10-12H2,1-5H3. The number of aryl methyl sites for hydroxylation is 1. The molecule has 1 aromatic rings. The van der Waals surface area contributed by atoms with Gasteiger partial charge in [0.15, 0.2) is 0 Å². The fourth-order valence-electron chi connectivity index (χ4n) is 3.22. The van der Waals surface area contributed by atoms with E-state index in [4.69, 9.17) is 0 Å². The highest BCUT2D eigenvalue weighted by atomic mass is 16.3. The van der Waals surface area contributed by atoms with Gasteiger partial charge in [0.1, 0.15) is 0 Å². The predicted octanol–water partition coefficient (Wildman–Crippen LogP) is 2.31. The predicted molar refractivity (Wildman–Crippen MR) is 81.6 cm³/mol. The van der Waals surface area contributed by atoms with Gasteiger partial charge in [0.05, 0.1) is 5.69 Å². The molecule has 0 aliphatic carbocycles. The summed E-state index contributed by atoms with van der Waals surface area (Å²) in [5.74, 6) is 0. The molecule has 2 heterocycles. The third-order valence-electron chi connectivity index (χ3n) is 4.25. The first-order valence-corrected chi connectivity index (χ1v) is 7.60. The summed E-state index contributed by atoms with van der Waals surface area (Å²) in [6, 6.07) is 0. The molecule has 0 aromatic carbocycles. The second kappa shape index (κ2) is 5.49. The molecular formula is C16H29N3O. The number of hydrogen-bond acceptors (Lipinski definition) is 3. The first-order chi connectivity index (χ1) is 9.23. The van der Waals surface area contributed by atoms with Crippen LogP contribution in [-0.2, 0) is 19.0 Å². The summed E-state index contributed by atoms with van der Waals surface area (Å²) in [4.78, 5) is 2.46. The van der Waals surface area contributed by atoms with Crippen LogP contribution in [0.5, 0.6) is 0 Å². The maximum atomic E-state index is 9.58. The van der Waals surface area contributed by atoms with Crippen molar-refractivity contribution in [2.24, 2.45) is 12.5 Å². The van der Waals surface area contributed by atoms with Crippen LogP contribution in [0, 0.1) is 5.41 Å². The van der Waals surface area contributed by atoms with Crippen LogP contribution in [0.2, 0.25) is 0 Å². The van der Waals surface area contributed by atoms with E-state index in [1.807, 2.05) is 11.7 Å². The van der Waals surface area contributed by atoms with Gasteiger partial charge in [-0.1, -0.05) is 27.7 Å². The van der Waals surface area contributed by atoms with Crippen molar-refractivity contribution in [2.45, 2.75) is 52.5 Å². The molecule has 114 valence electrons. The Labute approximate surface area is 122 Å². The average molecular weight is 279 g/mol. The highest BCUT2D eigenvalue weighted by Gasteiger charge is 2.31. The first-order valence-electron chi connectivity index (χ1n) is 7.60. The lowest BCUT2D eigenvalue weighted by Gasteiger charge is -2.39. The van der Waals surface area contributed by atoms with Gasteiger partial charge < -0.3 is 5.11 Å². The van der Waals surface area contributed by atoms with Crippen LogP contribution >= 0.6 is 0 Å². The maximum absolute atomic E-state index is 9.58. The number of rotatable bonds is 3. The molecule has 1 unspecified atom stereocenters. The zero-order valence-corrected chi connectivity index (χ0v) is 13.6. The Morgan fingerprint density at radius 3 is 2.70 bits per heavy atom. The van der Waals surface area contributed by atoms with Gasteiger partial charge in [-0.05, 0) is 19.4 Å². The van der Waals surface area contributed by atoms with E-state index in [1.54, 1.807) is 0 Å². The molecule has 2 rings (SSSR count). The van der Waals surface area contributed by atoms with Gasteiger partial charge in [-0.3, -0.25) is 9.58 Å². The van der Waals surface area contributed by atoms with Gasteiger partial charge in [0.2, 0.25) is 0 Å². The van der Waals surface area contributed by atoms with Crippen LogP contribution in [0.15, 0.2) is 6.20 Å². The molecular weight excluding hydrogens is 250 g/mol. The Kier molecular flexibility index (Phi) is 4.26. The molecule has 0 bridgehead atoms. The van der Waals surface area contributed by atoms with Gasteiger partial charge in [-0.25, -0.2) is 0 Å². The summed E-state index contributed by atoms with van der Waals surface area (Å²) in [6.07, 6.45) is 4.44. The fourth-order valence-corrected chi connectivity index (χ4v) is 3.22. The van der Waals surface area contributed by atoms with E-state index in [-0.39, 0.29) is 17.4 Å². The Balaban J connectivity index is 2.14. The van der Waals surface area contributed by atoms with E-state index in [9.17, 15) is 5.11 Å². The minimum absolute atomic E-state index is 0.0579. The number of aliphatic hydroxyl groups excluding tert-OH is 1. The van der Waals surface area contributed by atoms with E-state index in [0.717, 1.165) is 26.1 Å². The normalized spacial score (nSPS) is 25.1. The van der Waals surface area contributed by atoms with E-state index in [1.165, 1.54) is 17.7 Å². The van der Waals surface area contributed by atoms with E-state index in [0.29, 0.717) is 0 Å². The number of likely N-dealkylation sites (tertiary alicyclic amines) is 1. The van der Waals surface area contributed by atoms with Crippen LogP contribution in [-0.4, -0.2) is 39.5 Å². The average Bonchev–Trinajstić information content (AvgIpc) is 2.70. The number of hydrogen-bond donors (Lipinski definition) is 1. The monoisotopic (exact) mass is 279 g/mol. The highest BCUT2D eigenvalue weighted by Crippen LogP contribution is 2.31. The van der Waals surface area contributed by atoms with Crippen LogP contribution in [0.4, 0.5) is 0 Å². The van der Waals surface area contributed by atoms with Crippen LogP contribution in [0.1, 0.15) is 51.8 Å². The third kappa shape index (κ3) is 3.41. The van der Waals surface area contributed by atoms with Crippen LogP contribution in [0.3, 0.4) is 0 Å². The molecule has 4 heteroatoms. The molecule has 1 atom stereocenters. The third-order valence-corrected chi connectivity index (χ3v) is 4.25. The number of aliphatic hydroxyl groups is 1. The maximum Gasteiger partial charge on any atom is 0.0722 e. The highest BCUT2D eigenvalue weighted by molar-refractivity contribution is 5.24. The first kappa shape index (κ1) is 15.5. The van der Waals surface area contributed by atoms with Crippen LogP contribution in [0.25, 0.3) is 0 Å². The van der Waals surface area contributed by atoms with Gasteiger partial charge in [0, 0.05) is 49.3 Å².